The molecule has 0 bridgehead atoms. The summed E-state index contributed by atoms with van der Waals surface area (Å²) in [6.07, 6.45) is 3.59. The van der Waals surface area contributed by atoms with E-state index in [1.165, 1.54) is 5.56 Å². The largest absolute Gasteiger partial charge is 0.341 e. The molecule has 0 spiro atoms. The van der Waals surface area contributed by atoms with Crippen LogP contribution >= 0.6 is 0 Å². The molecule has 2 fully saturated rings. The van der Waals surface area contributed by atoms with Gasteiger partial charge in [0.2, 0.25) is 5.91 Å². The minimum atomic E-state index is -0.0990. The molecule has 0 unspecified atom stereocenters. The number of H-pyrrole nitrogens is 1. The molecule has 1 aromatic heterocycles. The zero-order valence-electron chi connectivity index (χ0n) is 15.6. The Kier molecular flexibility index (Phi) is 5.07. The minimum absolute atomic E-state index is 0.0910. The van der Waals surface area contributed by atoms with Crippen LogP contribution in [-0.2, 0) is 4.79 Å². The smallest absolute Gasteiger partial charge is 0.251 e. The molecule has 2 aromatic rings. The molecule has 142 valence electrons. The lowest BCUT2D eigenvalue weighted by molar-refractivity contribution is -0.134. The maximum Gasteiger partial charge on any atom is 0.251 e. The highest BCUT2D eigenvalue weighted by atomic mass is 16.2. The summed E-state index contributed by atoms with van der Waals surface area (Å²) < 4.78 is 0. The van der Waals surface area contributed by atoms with Gasteiger partial charge in [-0.05, 0) is 38.2 Å². The second kappa shape index (κ2) is 7.64. The number of nitrogens with one attached hydrogen (secondary N) is 2. The van der Waals surface area contributed by atoms with Crippen LogP contribution in [0, 0.1) is 6.92 Å². The van der Waals surface area contributed by atoms with Crippen LogP contribution in [0.2, 0.25) is 0 Å². The third kappa shape index (κ3) is 3.95. The first-order chi connectivity index (χ1) is 13.1. The topological polar surface area (TPSA) is 78.1 Å². The third-order valence-corrected chi connectivity index (χ3v) is 5.75. The van der Waals surface area contributed by atoms with Crippen molar-refractivity contribution in [2.75, 3.05) is 13.1 Å². The Balaban J connectivity index is 1.34. The first kappa shape index (κ1) is 17.9. The van der Waals surface area contributed by atoms with Crippen molar-refractivity contribution in [2.24, 2.45) is 0 Å². The highest BCUT2D eigenvalue weighted by molar-refractivity contribution is 5.82. The van der Waals surface area contributed by atoms with Gasteiger partial charge in [-0.15, -0.1) is 0 Å². The Bertz CT molecular complexity index is 856. The molecular formula is C21H26N4O2. The Morgan fingerprint density at radius 3 is 2.56 bits per heavy atom. The van der Waals surface area contributed by atoms with E-state index in [9.17, 15) is 9.59 Å². The van der Waals surface area contributed by atoms with Crippen molar-refractivity contribution in [3.8, 4) is 0 Å². The van der Waals surface area contributed by atoms with E-state index < -0.39 is 0 Å². The number of carbonyl (C=O) groups excluding carboxylic acids is 1. The van der Waals surface area contributed by atoms with Crippen LogP contribution in [0.25, 0.3) is 0 Å². The Labute approximate surface area is 159 Å². The van der Waals surface area contributed by atoms with E-state index in [0.29, 0.717) is 5.82 Å². The molecule has 3 heterocycles. The predicted molar refractivity (Wildman–Crippen MR) is 103 cm³/mol. The van der Waals surface area contributed by atoms with E-state index in [2.05, 4.69) is 27.4 Å². The second-order valence-corrected chi connectivity index (χ2v) is 7.62. The fourth-order valence-electron chi connectivity index (χ4n) is 4.31. The van der Waals surface area contributed by atoms with Crippen LogP contribution in [0.5, 0.6) is 0 Å². The van der Waals surface area contributed by atoms with Crippen LogP contribution in [0.1, 0.15) is 54.7 Å². The standard InChI is InChI=1S/C21H26N4O2/c1-14-22-19(13-20(26)23-14)16-9-11-25(12-10-16)21(27)18-8-7-17(24-18)15-5-3-2-4-6-15/h2-6,13,16-18,24H,7-12H2,1H3,(H,22,23,26)/t17-,18-/m1/s1. The number of hydrogen-bond acceptors (Lipinski definition) is 4. The fraction of sp³-hybridized carbons (Fsp3) is 0.476. The normalized spacial score (nSPS) is 23.5. The van der Waals surface area contributed by atoms with Gasteiger partial charge in [-0.3, -0.25) is 14.9 Å². The lowest BCUT2D eigenvalue weighted by atomic mass is 9.93. The van der Waals surface area contributed by atoms with Crippen molar-refractivity contribution in [1.29, 1.82) is 0 Å². The lowest BCUT2D eigenvalue weighted by Crippen LogP contribution is -2.47. The molecule has 6 nitrogen and oxygen atoms in total. The Morgan fingerprint density at radius 1 is 1.11 bits per heavy atom. The van der Waals surface area contributed by atoms with Crippen molar-refractivity contribution in [2.45, 2.75) is 50.6 Å². The summed E-state index contributed by atoms with van der Waals surface area (Å²) in [4.78, 5) is 33.7. The van der Waals surface area contributed by atoms with Crippen LogP contribution in [-0.4, -0.2) is 39.9 Å². The average Bonchev–Trinajstić information content (AvgIpc) is 3.18. The summed E-state index contributed by atoms with van der Waals surface area (Å²) in [6.45, 7) is 3.26. The van der Waals surface area contributed by atoms with E-state index in [-0.39, 0.29) is 29.5 Å². The Morgan fingerprint density at radius 2 is 1.85 bits per heavy atom. The van der Waals surface area contributed by atoms with Gasteiger partial charge < -0.3 is 9.88 Å². The van der Waals surface area contributed by atoms with Crippen LogP contribution in [0.4, 0.5) is 0 Å². The number of aryl methyl sites for hydroxylation is 1. The maximum absolute atomic E-state index is 12.9. The number of carbonyl (C=O) groups is 1. The maximum atomic E-state index is 12.9. The lowest BCUT2D eigenvalue weighted by Gasteiger charge is -2.33. The van der Waals surface area contributed by atoms with E-state index in [1.807, 2.05) is 23.1 Å². The highest BCUT2D eigenvalue weighted by Gasteiger charge is 2.34. The molecule has 6 heteroatoms. The molecule has 1 aromatic carbocycles. The molecule has 2 aliphatic rings. The molecule has 4 rings (SSSR count). The molecule has 2 aliphatic heterocycles. The number of aromatic amines is 1. The van der Waals surface area contributed by atoms with E-state index in [0.717, 1.165) is 44.5 Å². The number of piperidine rings is 1. The molecule has 0 aliphatic carbocycles. The van der Waals surface area contributed by atoms with Crippen molar-refractivity contribution >= 4 is 5.91 Å². The van der Waals surface area contributed by atoms with Crippen molar-refractivity contribution in [3.05, 3.63) is 63.8 Å². The summed E-state index contributed by atoms with van der Waals surface area (Å²) in [7, 11) is 0. The molecule has 2 N–H and O–H groups in total. The predicted octanol–water partition coefficient (Wildman–Crippen LogP) is 2.28. The number of hydrogen-bond donors (Lipinski definition) is 2. The van der Waals surface area contributed by atoms with Gasteiger partial charge in [-0.2, -0.15) is 0 Å². The fourth-order valence-corrected chi connectivity index (χ4v) is 4.31. The number of rotatable bonds is 3. The highest BCUT2D eigenvalue weighted by Crippen LogP contribution is 2.30. The van der Waals surface area contributed by atoms with E-state index in [4.69, 9.17) is 0 Å². The summed E-state index contributed by atoms with van der Waals surface area (Å²) in [5, 5.41) is 3.51. The van der Waals surface area contributed by atoms with Gasteiger partial charge in [0, 0.05) is 31.1 Å². The number of nitrogens with zero attached hydrogens (tertiary/aromatic N) is 2. The minimum Gasteiger partial charge on any atom is -0.341 e. The van der Waals surface area contributed by atoms with Crippen LogP contribution < -0.4 is 10.9 Å². The number of aromatic nitrogens is 2. The third-order valence-electron chi connectivity index (χ3n) is 5.75. The number of likely N-dealkylation sites (tertiary alicyclic amines) is 1. The quantitative estimate of drug-likeness (QED) is 0.874. The summed E-state index contributed by atoms with van der Waals surface area (Å²) in [5.41, 5.74) is 2.01. The van der Waals surface area contributed by atoms with E-state index >= 15 is 0 Å². The average molecular weight is 366 g/mol. The van der Waals surface area contributed by atoms with Crippen molar-refractivity contribution in [3.63, 3.8) is 0 Å². The van der Waals surface area contributed by atoms with Gasteiger partial charge >= 0.3 is 0 Å². The number of amides is 1. The summed E-state index contributed by atoms with van der Waals surface area (Å²) in [6, 6.07) is 12.1. The van der Waals surface area contributed by atoms with Gasteiger partial charge in [0.05, 0.1) is 11.7 Å². The molecule has 2 atom stereocenters. The van der Waals surface area contributed by atoms with Crippen molar-refractivity contribution in [1.82, 2.24) is 20.2 Å². The summed E-state index contributed by atoms with van der Waals surface area (Å²) in [5.74, 6) is 1.11. The van der Waals surface area contributed by atoms with Gasteiger partial charge in [-0.1, -0.05) is 30.3 Å². The molecule has 0 saturated carbocycles. The second-order valence-electron chi connectivity index (χ2n) is 7.62. The summed E-state index contributed by atoms with van der Waals surface area (Å²) >= 11 is 0. The molecule has 0 radical (unpaired) electrons. The molecule has 1 amide bonds. The first-order valence-electron chi connectivity index (χ1n) is 9.78. The van der Waals surface area contributed by atoms with Crippen LogP contribution in [0.3, 0.4) is 0 Å². The molecule has 2 saturated heterocycles. The molecule has 27 heavy (non-hydrogen) atoms. The van der Waals surface area contributed by atoms with Gasteiger partial charge in [0.15, 0.2) is 0 Å². The SMILES string of the molecule is Cc1nc(C2CCN(C(=O)[C@H]3CC[C@H](c4ccccc4)N3)CC2)cc(=O)[nH]1. The zero-order valence-corrected chi connectivity index (χ0v) is 15.6. The van der Waals surface area contributed by atoms with E-state index in [1.54, 1.807) is 13.0 Å². The monoisotopic (exact) mass is 366 g/mol. The first-order valence-corrected chi connectivity index (χ1v) is 9.78. The zero-order chi connectivity index (χ0) is 18.8. The van der Waals surface area contributed by atoms with Crippen molar-refractivity contribution < 1.29 is 4.79 Å². The van der Waals surface area contributed by atoms with Gasteiger partial charge in [0.1, 0.15) is 5.82 Å². The van der Waals surface area contributed by atoms with Crippen LogP contribution in [0.15, 0.2) is 41.2 Å². The molecular weight excluding hydrogens is 340 g/mol. The van der Waals surface area contributed by atoms with Gasteiger partial charge in [-0.25, -0.2) is 4.98 Å². The van der Waals surface area contributed by atoms with Gasteiger partial charge in [0.25, 0.3) is 5.56 Å². The number of benzene rings is 1. The Hall–Kier alpha value is -2.47.